The van der Waals surface area contributed by atoms with Crippen molar-refractivity contribution in [3.05, 3.63) is 48.4 Å². The summed E-state index contributed by atoms with van der Waals surface area (Å²) in [7, 11) is 0. The first kappa shape index (κ1) is 13.9. The molecule has 20 heavy (non-hydrogen) atoms. The Bertz CT molecular complexity index is 589. The van der Waals surface area contributed by atoms with Gasteiger partial charge in [-0.25, -0.2) is 0 Å². The van der Waals surface area contributed by atoms with Gasteiger partial charge < -0.3 is 14.8 Å². The van der Waals surface area contributed by atoms with Crippen LogP contribution in [-0.2, 0) is 4.79 Å². The summed E-state index contributed by atoms with van der Waals surface area (Å²) < 4.78 is 5.23. The number of furan rings is 1. The van der Waals surface area contributed by atoms with Gasteiger partial charge in [0.25, 0.3) is 5.91 Å². The number of amides is 1. The molecule has 0 aliphatic carbocycles. The molecule has 0 spiro atoms. The van der Waals surface area contributed by atoms with Crippen LogP contribution in [0.4, 0.5) is 0 Å². The van der Waals surface area contributed by atoms with Crippen molar-refractivity contribution in [1.82, 2.24) is 5.32 Å². The second kappa shape index (κ2) is 6.56. The third kappa shape index (κ3) is 3.47. The predicted molar refractivity (Wildman–Crippen MR) is 73.3 cm³/mol. The van der Waals surface area contributed by atoms with E-state index < -0.39 is 5.97 Å². The highest BCUT2D eigenvalue weighted by atomic mass is 16.4. The number of carbonyl (C=O) groups is 2. The van der Waals surface area contributed by atoms with E-state index in [9.17, 15) is 9.59 Å². The molecule has 0 unspecified atom stereocenters. The van der Waals surface area contributed by atoms with E-state index in [1.54, 1.807) is 6.07 Å². The topological polar surface area (TPSA) is 79.5 Å². The van der Waals surface area contributed by atoms with Crippen LogP contribution in [0.1, 0.15) is 23.4 Å². The first-order chi connectivity index (χ1) is 9.68. The maximum atomic E-state index is 12.0. The Morgan fingerprint density at radius 3 is 2.60 bits per heavy atom. The highest BCUT2D eigenvalue weighted by Gasteiger charge is 2.16. The van der Waals surface area contributed by atoms with Crippen molar-refractivity contribution in [2.75, 3.05) is 6.54 Å². The van der Waals surface area contributed by atoms with Crippen LogP contribution in [0.3, 0.4) is 0 Å². The van der Waals surface area contributed by atoms with Gasteiger partial charge in [0.15, 0.2) is 5.76 Å². The average molecular weight is 273 g/mol. The third-order valence-corrected chi connectivity index (χ3v) is 2.81. The van der Waals surface area contributed by atoms with Gasteiger partial charge in [-0.2, -0.15) is 0 Å². The van der Waals surface area contributed by atoms with Gasteiger partial charge in [-0.1, -0.05) is 30.3 Å². The van der Waals surface area contributed by atoms with Crippen LogP contribution in [0, 0.1) is 0 Å². The Morgan fingerprint density at radius 2 is 1.90 bits per heavy atom. The van der Waals surface area contributed by atoms with Crippen LogP contribution in [0.25, 0.3) is 11.1 Å². The molecule has 0 radical (unpaired) electrons. The zero-order valence-electron chi connectivity index (χ0n) is 10.8. The van der Waals surface area contributed by atoms with E-state index in [4.69, 9.17) is 9.52 Å². The molecule has 0 saturated heterocycles. The van der Waals surface area contributed by atoms with Gasteiger partial charge in [0.05, 0.1) is 6.26 Å². The van der Waals surface area contributed by atoms with Crippen LogP contribution in [0.5, 0.6) is 0 Å². The van der Waals surface area contributed by atoms with Gasteiger partial charge in [0, 0.05) is 18.5 Å². The number of rotatable bonds is 6. The quantitative estimate of drug-likeness (QED) is 0.793. The average Bonchev–Trinajstić information content (AvgIpc) is 2.93. The summed E-state index contributed by atoms with van der Waals surface area (Å²) in [5, 5.41) is 11.2. The Hall–Kier alpha value is -2.56. The summed E-state index contributed by atoms with van der Waals surface area (Å²) >= 11 is 0. The molecule has 0 fully saturated rings. The van der Waals surface area contributed by atoms with Crippen molar-refractivity contribution in [2.24, 2.45) is 0 Å². The molecule has 5 heteroatoms. The van der Waals surface area contributed by atoms with Gasteiger partial charge in [-0.3, -0.25) is 9.59 Å². The van der Waals surface area contributed by atoms with Crippen LogP contribution in [0.15, 0.2) is 47.1 Å². The van der Waals surface area contributed by atoms with Crippen LogP contribution < -0.4 is 5.32 Å². The number of hydrogen-bond acceptors (Lipinski definition) is 3. The maximum absolute atomic E-state index is 12.0. The second-order valence-electron chi connectivity index (χ2n) is 4.28. The Balaban J connectivity index is 2.01. The molecule has 5 nitrogen and oxygen atoms in total. The van der Waals surface area contributed by atoms with Crippen molar-refractivity contribution in [2.45, 2.75) is 12.8 Å². The number of carboxylic acids is 1. The molecule has 0 atom stereocenters. The highest BCUT2D eigenvalue weighted by Crippen LogP contribution is 2.24. The molecule has 2 N–H and O–H groups in total. The molecule has 0 aliphatic heterocycles. The first-order valence-corrected chi connectivity index (χ1v) is 6.31. The van der Waals surface area contributed by atoms with E-state index in [1.165, 1.54) is 6.26 Å². The van der Waals surface area contributed by atoms with Gasteiger partial charge in [0.1, 0.15) is 0 Å². The Morgan fingerprint density at radius 1 is 1.15 bits per heavy atom. The zero-order valence-corrected chi connectivity index (χ0v) is 10.8. The molecule has 0 bridgehead atoms. The molecule has 0 aliphatic rings. The summed E-state index contributed by atoms with van der Waals surface area (Å²) in [4.78, 5) is 22.4. The summed E-state index contributed by atoms with van der Waals surface area (Å²) in [6, 6.07) is 11.2. The molecular weight excluding hydrogens is 258 g/mol. The molecule has 1 aromatic heterocycles. The van der Waals surface area contributed by atoms with Crippen LogP contribution in [-0.4, -0.2) is 23.5 Å². The molecule has 0 saturated carbocycles. The fourth-order valence-corrected chi connectivity index (χ4v) is 1.85. The van der Waals surface area contributed by atoms with E-state index in [0.29, 0.717) is 13.0 Å². The van der Waals surface area contributed by atoms with Gasteiger partial charge in [0.2, 0.25) is 0 Å². The SMILES string of the molecule is O=C(O)CCCNC(=O)c1occc1-c1ccccc1. The van der Waals surface area contributed by atoms with E-state index in [-0.39, 0.29) is 18.1 Å². The molecule has 2 aromatic rings. The lowest BCUT2D eigenvalue weighted by atomic mass is 10.1. The van der Waals surface area contributed by atoms with Crippen molar-refractivity contribution < 1.29 is 19.1 Å². The number of carboxylic acid groups (broad SMARTS) is 1. The van der Waals surface area contributed by atoms with Gasteiger partial charge >= 0.3 is 5.97 Å². The number of aliphatic carboxylic acids is 1. The van der Waals surface area contributed by atoms with Crippen LogP contribution in [0.2, 0.25) is 0 Å². The molecule has 2 rings (SSSR count). The van der Waals surface area contributed by atoms with Crippen molar-refractivity contribution in [3.8, 4) is 11.1 Å². The molecular formula is C15H15NO4. The first-order valence-electron chi connectivity index (χ1n) is 6.31. The fraction of sp³-hybridized carbons (Fsp3) is 0.200. The number of hydrogen-bond donors (Lipinski definition) is 2. The van der Waals surface area contributed by atoms with Crippen molar-refractivity contribution in [1.29, 1.82) is 0 Å². The van der Waals surface area contributed by atoms with Gasteiger partial charge in [-0.15, -0.1) is 0 Å². The second-order valence-corrected chi connectivity index (χ2v) is 4.28. The molecule has 1 aromatic carbocycles. The minimum atomic E-state index is -0.873. The minimum Gasteiger partial charge on any atom is -0.481 e. The lowest BCUT2D eigenvalue weighted by Gasteiger charge is -2.04. The van der Waals surface area contributed by atoms with E-state index in [1.807, 2.05) is 30.3 Å². The fourth-order valence-electron chi connectivity index (χ4n) is 1.85. The normalized spacial score (nSPS) is 10.2. The minimum absolute atomic E-state index is 0.0317. The van der Waals surface area contributed by atoms with E-state index in [2.05, 4.69) is 5.32 Å². The molecule has 1 amide bonds. The lowest BCUT2D eigenvalue weighted by molar-refractivity contribution is -0.137. The number of carbonyl (C=O) groups excluding carboxylic acids is 1. The zero-order chi connectivity index (χ0) is 14.4. The van der Waals surface area contributed by atoms with E-state index in [0.717, 1.165) is 11.1 Å². The smallest absolute Gasteiger partial charge is 0.303 e. The summed E-state index contributed by atoms with van der Waals surface area (Å²) in [6.07, 6.45) is 1.89. The lowest BCUT2D eigenvalue weighted by Crippen LogP contribution is -2.24. The summed E-state index contributed by atoms with van der Waals surface area (Å²) in [5.41, 5.74) is 1.62. The van der Waals surface area contributed by atoms with Crippen molar-refractivity contribution >= 4 is 11.9 Å². The van der Waals surface area contributed by atoms with Gasteiger partial charge in [-0.05, 0) is 18.1 Å². The predicted octanol–water partition coefficient (Wildman–Crippen LogP) is 2.54. The van der Waals surface area contributed by atoms with E-state index >= 15 is 0 Å². The standard InChI is InChI=1S/C15H15NO4/c17-13(18)7-4-9-16-15(19)14-12(8-10-20-14)11-5-2-1-3-6-11/h1-3,5-6,8,10H,4,7,9H2,(H,16,19)(H,17,18). The van der Waals surface area contributed by atoms with Crippen molar-refractivity contribution in [3.63, 3.8) is 0 Å². The third-order valence-electron chi connectivity index (χ3n) is 2.81. The number of nitrogens with one attached hydrogen (secondary N) is 1. The Labute approximate surface area is 116 Å². The van der Waals surface area contributed by atoms with Crippen LogP contribution >= 0.6 is 0 Å². The summed E-state index contributed by atoms with van der Waals surface area (Å²) in [6.45, 7) is 0.306. The molecule has 1 heterocycles. The largest absolute Gasteiger partial charge is 0.481 e. The molecule has 104 valence electrons. The highest BCUT2D eigenvalue weighted by molar-refractivity contribution is 5.98. The Kier molecular flexibility index (Phi) is 4.55. The summed E-state index contributed by atoms with van der Waals surface area (Å²) in [5.74, 6) is -0.965. The maximum Gasteiger partial charge on any atom is 0.303 e. The number of benzene rings is 1. The monoisotopic (exact) mass is 273 g/mol.